The predicted molar refractivity (Wildman–Crippen MR) is 98.3 cm³/mol. The molecular formula is C18H23BrFN3O2. The highest BCUT2D eigenvalue weighted by Crippen LogP contribution is 2.26. The number of hydrogen-bond donors (Lipinski definition) is 1. The lowest BCUT2D eigenvalue weighted by molar-refractivity contribution is -0.136. The highest BCUT2D eigenvalue weighted by molar-refractivity contribution is 9.10. The molecule has 0 saturated carbocycles. The second kappa shape index (κ2) is 7.72. The molecule has 3 amide bonds. The van der Waals surface area contributed by atoms with Gasteiger partial charge in [0.25, 0.3) is 0 Å². The number of halogens is 2. The van der Waals surface area contributed by atoms with Crippen molar-refractivity contribution in [3.63, 3.8) is 0 Å². The van der Waals surface area contributed by atoms with Gasteiger partial charge in [0.05, 0.1) is 6.54 Å². The van der Waals surface area contributed by atoms with E-state index in [4.69, 9.17) is 0 Å². The Morgan fingerprint density at radius 2 is 1.96 bits per heavy atom. The molecular weight excluding hydrogens is 389 g/mol. The summed E-state index contributed by atoms with van der Waals surface area (Å²) in [5.41, 5.74) is 1.63. The third kappa shape index (κ3) is 4.14. The smallest absolute Gasteiger partial charge is 0.322 e. The first-order valence-electron chi connectivity index (χ1n) is 8.72. The number of likely N-dealkylation sites (tertiary alicyclic amines) is 2. The van der Waals surface area contributed by atoms with Crippen LogP contribution in [-0.4, -0.2) is 53.6 Å². The first kappa shape index (κ1) is 18.2. The van der Waals surface area contributed by atoms with Gasteiger partial charge in [-0.25, -0.2) is 9.18 Å². The number of amides is 3. The molecule has 1 N–H and O–H groups in total. The number of alkyl halides is 1. The van der Waals surface area contributed by atoms with Crippen LogP contribution in [0.1, 0.15) is 31.2 Å². The van der Waals surface area contributed by atoms with E-state index in [0.29, 0.717) is 18.8 Å². The molecule has 1 aromatic carbocycles. The summed E-state index contributed by atoms with van der Waals surface area (Å²) in [6.07, 6.45) is 2.00. The van der Waals surface area contributed by atoms with E-state index in [9.17, 15) is 14.0 Å². The summed E-state index contributed by atoms with van der Waals surface area (Å²) in [5.74, 6) is -0.123. The number of piperidine rings is 1. The summed E-state index contributed by atoms with van der Waals surface area (Å²) in [6.45, 7) is 3.29. The standard InChI is InChI=1S/C18H23BrFN3O2/c1-12-9-14(5-6-15(12)19)21-18(25)23-11-13(20)10-16(23)17(24)22-7-3-2-4-8-22/h5-6,9,13,16H,2-4,7-8,10-11H2,1H3,(H,21,25)/t13-,16-/m0/s1. The van der Waals surface area contributed by atoms with Crippen molar-refractivity contribution >= 4 is 33.6 Å². The number of carbonyl (C=O) groups excluding carboxylic acids is 2. The molecule has 3 rings (SSSR count). The summed E-state index contributed by atoms with van der Waals surface area (Å²) in [6, 6.07) is 4.34. The molecule has 0 unspecified atom stereocenters. The van der Waals surface area contributed by atoms with E-state index in [-0.39, 0.29) is 18.9 Å². The predicted octanol–water partition coefficient (Wildman–Crippen LogP) is 3.71. The van der Waals surface area contributed by atoms with Gasteiger partial charge >= 0.3 is 6.03 Å². The number of carbonyl (C=O) groups is 2. The molecule has 5 nitrogen and oxygen atoms in total. The normalized spacial score (nSPS) is 23.6. The number of aryl methyl sites for hydroxylation is 1. The van der Waals surface area contributed by atoms with Gasteiger partial charge in [0.15, 0.2) is 0 Å². The molecule has 25 heavy (non-hydrogen) atoms. The average Bonchev–Trinajstić information content (AvgIpc) is 3.00. The van der Waals surface area contributed by atoms with Gasteiger partial charge in [-0.2, -0.15) is 0 Å². The molecule has 2 fully saturated rings. The van der Waals surface area contributed by atoms with Crippen LogP contribution >= 0.6 is 15.9 Å². The van der Waals surface area contributed by atoms with Gasteiger partial charge in [-0.05, 0) is 49.9 Å². The fourth-order valence-electron chi connectivity index (χ4n) is 3.49. The van der Waals surface area contributed by atoms with E-state index in [1.165, 1.54) is 4.90 Å². The van der Waals surface area contributed by atoms with Gasteiger partial charge in [-0.1, -0.05) is 15.9 Å². The lowest BCUT2D eigenvalue weighted by Crippen LogP contribution is -2.50. The van der Waals surface area contributed by atoms with Crippen LogP contribution in [0.4, 0.5) is 14.9 Å². The second-order valence-corrected chi connectivity index (χ2v) is 7.64. The fraction of sp³-hybridized carbons (Fsp3) is 0.556. The van der Waals surface area contributed by atoms with Crippen LogP contribution in [0.5, 0.6) is 0 Å². The first-order chi connectivity index (χ1) is 12.0. The maximum atomic E-state index is 14.0. The molecule has 0 radical (unpaired) electrons. The Bertz CT molecular complexity index is 664. The zero-order valence-corrected chi connectivity index (χ0v) is 15.9. The van der Waals surface area contributed by atoms with E-state index in [0.717, 1.165) is 29.3 Å². The molecule has 1 aromatic rings. The minimum absolute atomic E-state index is 0.0361. The Morgan fingerprint density at radius 3 is 2.64 bits per heavy atom. The van der Waals surface area contributed by atoms with E-state index in [1.807, 2.05) is 19.1 Å². The molecule has 2 atom stereocenters. The minimum Gasteiger partial charge on any atom is -0.341 e. The largest absolute Gasteiger partial charge is 0.341 e. The van der Waals surface area contributed by atoms with Crippen molar-refractivity contribution in [2.75, 3.05) is 25.0 Å². The van der Waals surface area contributed by atoms with Gasteiger partial charge in [0.2, 0.25) is 5.91 Å². The van der Waals surface area contributed by atoms with E-state index in [2.05, 4.69) is 21.2 Å². The van der Waals surface area contributed by atoms with Crippen LogP contribution < -0.4 is 5.32 Å². The highest BCUT2D eigenvalue weighted by atomic mass is 79.9. The molecule has 136 valence electrons. The zero-order valence-electron chi connectivity index (χ0n) is 14.3. The topological polar surface area (TPSA) is 52.7 Å². The monoisotopic (exact) mass is 411 g/mol. The third-order valence-corrected chi connectivity index (χ3v) is 5.76. The van der Waals surface area contributed by atoms with E-state index >= 15 is 0 Å². The van der Waals surface area contributed by atoms with Crippen LogP contribution in [0, 0.1) is 6.92 Å². The molecule has 0 bridgehead atoms. The Hall–Kier alpha value is -1.63. The minimum atomic E-state index is -1.16. The van der Waals surface area contributed by atoms with Crippen LogP contribution in [0.3, 0.4) is 0 Å². The van der Waals surface area contributed by atoms with Crippen molar-refractivity contribution in [1.82, 2.24) is 9.80 Å². The van der Waals surface area contributed by atoms with Gasteiger partial charge in [0, 0.05) is 29.7 Å². The Labute approximate surface area is 155 Å². The number of nitrogens with zero attached hydrogens (tertiary/aromatic N) is 2. The summed E-state index contributed by atoms with van der Waals surface area (Å²) < 4.78 is 14.9. The molecule has 2 aliphatic rings. The van der Waals surface area contributed by atoms with Crippen LogP contribution in [0.15, 0.2) is 22.7 Å². The van der Waals surface area contributed by atoms with Crippen molar-refractivity contribution in [3.05, 3.63) is 28.2 Å². The molecule has 0 spiro atoms. The quantitative estimate of drug-likeness (QED) is 0.805. The molecule has 2 heterocycles. The molecule has 0 aliphatic carbocycles. The molecule has 7 heteroatoms. The number of urea groups is 1. The maximum absolute atomic E-state index is 14.0. The van der Waals surface area contributed by atoms with Crippen LogP contribution in [0.2, 0.25) is 0 Å². The van der Waals surface area contributed by atoms with Gasteiger partial charge in [-0.15, -0.1) is 0 Å². The lowest BCUT2D eigenvalue weighted by atomic mass is 10.1. The molecule has 0 aromatic heterocycles. The Kier molecular flexibility index (Phi) is 5.61. The first-order valence-corrected chi connectivity index (χ1v) is 9.51. The van der Waals surface area contributed by atoms with Gasteiger partial charge in [-0.3, -0.25) is 4.79 Å². The summed E-state index contributed by atoms with van der Waals surface area (Å²) in [5, 5.41) is 2.79. The van der Waals surface area contributed by atoms with Crippen molar-refractivity contribution in [3.8, 4) is 0 Å². The lowest BCUT2D eigenvalue weighted by Gasteiger charge is -2.32. The van der Waals surface area contributed by atoms with Crippen LogP contribution in [0.25, 0.3) is 0 Å². The second-order valence-electron chi connectivity index (χ2n) is 6.78. The number of rotatable bonds is 2. The number of anilines is 1. The SMILES string of the molecule is Cc1cc(NC(=O)N2C[C@@H](F)C[C@H]2C(=O)N2CCCCC2)ccc1Br. The van der Waals surface area contributed by atoms with Crippen molar-refractivity contribution in [2.24, 2.45) is 0 Å². The maximum Gasteiger partial charge on any atom is 0.322 e. The summed E-state index contributed by atoms with van der Waals surface area (Å²) in [7, 11) is 0. The number of hydrogen-bond acceptors (Lipinski definition) is 2. The molecule has 2 aliphatic heterocycles. The Morgan fingerprint density at radius 1 is 1.24 bits per heavy atom. The number of nitrogens with one attached hydrogen (secondary N) is 1. The van der Waals surface area contributed by atoms with E-state index < -0.39 is 18.2 Å². The summed E-state index contributed by atoms with van der Waals surface area (Å²) in [4.78, 5) is 28.5. The summed E-state index contributed by atoms with van der Waals surface area (Å²) >= 11 is 3.42. The zero-order chi connectivity index (χ0) is 18.0. The third-order valence-electron chi connectivity index (χ3n) is 4.87. The van der Waals surface area contributed by atoms with Crippen molar-refractivity contribution < 1.29 is 14.0 Å². The van der Waals surface area contributed by atoms with Gasteiger partial charge < -0.3 is 15.1 Å². The number of benzene rings is 1. The fourth-order valence-corrected chi connectivity index (χ4v) is 3.73. The molecule has 2 saturated heterocycles. The Balaban J connectivity index is 1.70. The van der Waals surface area contributed by atoms with Crippen molar-refractivity contribution in [2.45, 2.75) is 44.8 Å². The van der Waals surface area contributed by atoms with Crippen molar-refractivity contribution in [1.29, 1.82) is 0 Å². The van der Waals surface area contributed by atoms with Crippen LogP contribution in [-0.2, 0) is 4.79 Å². The van der Waals surface area contributed by atoms with Gasteiger partial charge in [0.1, 0.15) is 12.2 Å². The van der Waals surface area contributed by atoms with E-state index in [1.54, 1.807) is 11.0 Å². The highest BCUT2D eigenvalue weighted by Gasteiger charge is 2.41. The average molecular weight is 412 g/mol.